The highest BCUT2D eigenvalue weighted by molar-refractivity contribution is 7.11. The van der Waals surface area contributed by atoms with Crippen molar-refractivity contribution < 1.29 is 4.74 Å². The molecule has 1 saturated heterocycles. The molecule has 1 aromatic heterocycles. The van der Waals surface area contributed by atoms with Gasteiger partial charge in [-0.1, -0.05) is 12.1 Å². The topological polar surface area (TPSA) is 49.8 Å². The van der Waals surface area contributed by atoms with E-state index in [-0.39, 0.29) is 0 Å². The zero-order valence-corrected chi connectivity index (χ0v) is 16.0. The zero-order chi connectivity index (χ0) is 17.6. The van der Waals surface area contributed by atoms with Crippen molar-refractivity contribution in [1.29, 1.82) is 0 Å². The Balaban J connectivity index is 1.66. The van der Waals surface area contributed by atoms with Crippen molar-refractivity contribution in [2.75, 3.05) is 26.7 Å². The van der Waals surface area contributed by atoms with Crippen molar-refractivity contribution in [3.8, 4) is 5.75 Å². The van der Waals surface area contributed by atoms with Crippen LogP contribution < -0.4 is 10.1 Å². The number of hydrogen-bond donors (Lipinski definition) is 1. The van der Waals surface area contributed by atoms with Gasteiger partial charge in [0.15, 0.2) is 5.96 Å². The third kappa shape index (κ3) is 4.51. The number of aliphatic imine (C=N–C) groups is 1. The van der Waals surface area contributed by atoms with Crippen LogP contribution in [0.3, 0.4) is 0 Å². The monoisotopic (exact) mass is 358 g/mol. The predicted octanol–water partition coefficient (Wildman–Crippen LogP) is 3.42. The lowest BCUT2D eigenvalue weighted by Gasteiger charge is -2.21. The molecule has 134 valence electrons. The molecule has 3 rings (SSSR count). The van der Waals surface area contributed by atoms with Gasteiger partial charge in [-0.3, -0.25) is 0 Å². The first-order valence-corrected chi connectivity index (χ1v) is 9.59. The summed E-state index contributed by atoms with van der Waals surface area (Å²) in [6.45, 7) is 7.73. The Morgan fingerprint density at radius 1 is 1.40 bits per heavy atom. The average molecular weight is 359 g/mol. The van der Waals surface area contributed by atoms with Crippen LogP contribution in [-0.2, 0) is 6.54 Å². The van der Waals surface area contributed by atoms with Crippen LogP contribution in [0.1, 0.15) is 34.7 Å². The summed E-state index contributed by atoms with van der Waals surface area (Å²) >= 11 is 1.71. The predicted molar refractivity (Wildman–Crippen MR) is 104 cm³/mol. The smallest absolute Gasteiger partial charge is 0.194 e. The van der Waals surface area contributed by atoms with Crippen molar-refractivity contribution in [3.05, 3.63) is 45.9 Å². The van der Waals surface area contributed by atoms with Gasteiger partial charge in [-0.05, 0) is 38.0 Å². The molecular formula is C19H26N4OS. The highest BCUT2D eigenvalue weighted by Crippen LogP contribution is 2.28. The number of benzene rings is 1. The van der Waals surface area contributed by atoms with Crippen LogP contribution in [0.15, 0.2) is 35.5 Å². The van der Waals surface area contributed by atoms with Gasteiger partial charge in [0.1, 0.15) is 10.8 Å². The van der Waals surface area contributed by atoms with Gasteiger partial charge in [-0.15, -0.1) is 11.3 Å². The first kappa shape index (κ1) is 17.7. The summed E-state index contributed by atoms with van der Waals surface area (Å²) in [5, 5.41) is 4.49. The molecule has 1 fully saturated rings. The third-order valence-electron chi connectivity index (χ3n) is 4.44. The number of ether oxygens (including phenoxy) is 1. The van der Waals surface area contributed by atoms with Gasteiger partial charge in [-0.25, -0.2) is 9.98 Å². The number of aromatic nitrogens is 1. The van der Waals surface area contributed by atoms with Crippen LogP contribution in [0.25, 0.3) is 0 Å². The van der Waals surface area contributed by atoms with Gasteiger partial charge in [0, 0.05) is 36.6 Å². The largest absolute Gasteiger partial charge is 0.497 e. The maximum atomic E-state index is 5.25. The molecule has 1 aliphatic heterocycles. The number of thiazole rings is 1. The molecule has 0 saturated carbocycles. The molecule has 2 heterocycles. The lowest BCUT2D eigenvalue weighted by molar-refractivity contribution is 0.414. The Bertz CT molecular complexity index is 710. The summed E-state index contributed by atoms with van der Waals surface area (Å²) in [5.41, 5.74) is 1.37. The van der Waals surface area contributed by atoms with E-state index in [4.69, 9.17) is 9.73 Å². The highest BCUT2D eigenvalue weighted by atomic mass is 32.1. The summed E-state index contributed by atoms with van der Waals surface area (Å²) in [7, 11) is 1.70. The highest BCUT2D eigenvalue weighted by Gasteiger charge is 2.26. The molecule has 0 radical (unpaired) electrons. The second-order valence-corrected chi connectivity index (χ2v) is 7.56. The normalized spacial score (nSPS) is 17.8. The second-order valence-electron chi connectivity index (χ2n) is 6.24. The Kier molecular flexibility index (Phi) is 5.91. The van der Waals surface area contributed by atoms with Gasteiger partial charge in [0.25, 0.3) is 0 Å². The molecule has 1 aromatic carbocycles. The minimum absolute atomic E-state index is 0.539. The third-order valence-corrected chi connectivity index (χ3v) is 5.34. The zero-order valence-electron chi connectivity index (χ0n) is 15.2. The Labute approximate surface area is 153 Å². The van der Waals surface area contributed by atoms with Crippen molar-refractivity contribution in [1.82, 2.24) is 15.2 Å². The van der Waals surface area contributed by atoms with E-state index in [0.717, 1.165) is 42.8 Å². The van der Waals surface area contributed by atoms with Crippen molar-refractivity contribution in [2.24, 2.45) is 4.99 Å². The fourth-order valence-electron chi connectivity index (χ4n) is 3.14. The Morgan fingerprint density at radius 3 is 2.84 bits per heavy atom. The standard InChI is InChI=1S/C19H26N4OS/c1-4-20-19(22-12-18-21-11-14(2)25-18)23-10-9-16(13-23)15-5-7-17(24-3)8-6-15/h5-8,11,16H,4,9-10,12-13H2,1-3H3,(H,20,22). The molecule has 1 aliphatic rings. The SMILES string of the molecule is CCNC(=NCc1ncc(C)s1)N1CCC(c2ccc(OC)cc2)C1. The first-order valence-electron chi connectivity index (χ1n) is 8.78. The minimum Gasteiger partial charge on any atom is -0.497 e. The summed E-state index contributed by atoms with van der Waals surface area (Å²) < 4.78 is 5.25. The number of guanidine groups is 1. The molecule has 0 amide bonds. The van der Waals surface area contributed by atoms with Crippen LogP contribution in [0.2, 0.25) is 0 Å². The molecule has 25 heavy (non-hydrogen) atoms. The first-order chi connectivity index (χ1) is 12.2. The number of rotatable bonds is 5. The number of methoxy groups -OCH3 is 1. The van der Waals surface area contributed by atoms with Crippen molar-refractivity contribution in [3.63, 3.8) is 0 Å². The lowest BCUT2D eigenvalue weighted by atomic mass is 9.98. The lowest BCUT2D eigenvalue weighted by Crippen LogP contribution is -2.40. The summed E-state index contributed by atoms with van der Waals surface area (Å²) in [5.74, 6) is 2.44. The van der Waals surface area contributed by atoms with Crippen LogP contribution in [0.4, 0.5) is 0 Å². The molecule has 2 aromatic rings. The summed E-state index contributed by atoms with van der Waals surface area (Å²) in [6, 6.07) is 8.44. The van der Waals surface area contributed by atoms with Crippen LogP contribution in [0, 0.1) is 6.92 Å². The molecule has 1 unspecified atom stereocenters. The summed E-state index contributed by atoms with van der Waals surface area (Å²) in [6.07, 6.45) is 3.06. The van der Waals surface area contributed by atoms with E-state index in [1.54, 1.807) is 18.4 Å². The number of likely N-dealkylation sites (tertiary alicyclic amines) is 1. The molecule has 1 N–H and O–H groups in total. The molecule has 0 aliphatic carbocycles. The van der Waals surface area contributed by atoms with E-state index < -0.39 is 0 Å². The van der Waals surface area contributed by atoms with E-state index in [9.17, 15) is 0 Å². The van der Waals surface area contributed by atoms with Gasteiger partial charge in [0.05, 0.1) is 13.7 Å². The van der Waals surface area contributed by atoms with E-state index in [1.807, 2.05) is 18.3 Å². The molecule has 0 spiro atoms. The quantitative estimate of drug-likeness (QED) is 0.657. The van der Waals surface area contributed by atoms with Gasteiger partial charge in [0.2, 0.25) is 0 Å². The van der Waals surface area contributed by atoms with E-state index >= 15 is 0 Å². The molecule has 0 bridgehead atoms. The molecular weight excluding hydrogens is 332 g/mol. The minimum atomic E-state index is 0.539. The van der Waals surface area contributed by atoms with E-state index in [0.29, 0.717) is 12.5 Å². The maximum absolute atomic E-state index is 5.25. The number of aryl methyl sites for hydroxylation is 1. The van der Waals surface area contributed by atoms with Gasteiger partial charge >= 0.3 is 0 Å². The Morgan fingerprint density at radius 2 is 2.20 bits per heavy atom. The fourth-order valence-corrected chi connectivity index (χ4v) is 3.86. The maximum Gasteiger partial charge on any atom is 0.194 e. The van der Waals surface area contributed by atoms with Crippen LogP contribution in [-0.4, -0.2) is 42.6 Å². The van der Waals surface area contributed by atoms with Crippen LogP contribution in [0.5, 0.6) is 5.75 Å². The molecule has 5 nitrogen and oxygen atoms in total. The summed E-state index contributed by atoms with van der Waals surface area (Å²) in [4.78, 5) is 12.8. The fraction of sp³-hybridized carbons (Fsp3) is 0.474. The van der Waals surface area contributed by atoms with Crippen LogP contribution >= 0.6 is 11.3 Å². The van der Waals surface area contributed by atoms with Gasteiger partial charge < -0.3 is 15.0 Å². The number of nitrogens with zero attached hydrogens (tertiary/aromatic N) is 3. The molecule has 1 atom stereocenters. The number of hydrogen-bond acceptors (Lipinski definition) is 4. The van der Waals surface area contributed by atoms with Crippen molar-refractivity contribution >= 4 is 17.3 Å². The molecule has 6 heteroatoms. The number of nitrogens with one attached hydrogen (secondary N) is 1. The van der Waals surface area contributed by atoms with Crippen molar-refractivity contribution in [2.45, 2.75) is 32.7 Å². The van der Waals surface area contributed by atoms with E-state index in [1.165, 1.54) is 10.4 Å². The Hall–Kier alpha value is -2.08. The van der Waals surface area contributed by atoms with Gasteiger partial charge in [-0.2, -0.15) is 0 Å². The van der Waals surface area contributed by atoms with E-state index in [2.05, 4.69) is 41.2 Å². The average Bonchev–Trinajstić information content (AvgIpc) is 3.28. The second kappa shape index (κ2) is 8.34.